The highest BCUT2D eigenvalue weighted by atomic mass is 35.5. The summed E-state index contributed by atoms with van der Waals surface area (Å²) in [7, 11) is -2.14. The number of methoxy groups -OCH3 is 1. The van der Waals surface area contributed by atoms with Gasteiger partial charge < -0.3 is 4.74 Å². The molecule has 1 N–H and O–H groups in total. The molecule has 0 aliphatic carbocycles. The maximum atomic E-state index is 12.5. The van der Waals surface area contributed by atoms with Crippen molar-refractivity contribution in [2.24, 2.45) is 0 Å². The molecular weight excluding hydrogens is 310 g/mol. The third kappa shape index (κ3) is 3.56. The summed E-state index contributed by atoms with van der Waals surface area (Å²) in [4.78, 5) is 0.169. The topological polar surface area (TPSA) is 55.4 Å². The molecule has 2 aromatic rings. The van der Waals surface area contributed by atoms with Gasteiger partial charge >= 0.3 is 0 Å². The molecule has 0 saturated heterocycles. The van der Waals surface area contributed by atoms with Gasteiger partial charge in [0.05, 0.1) is 17.2 Å². The molecular formula is C15H16ClNO3S. The summed E-state index contributed by atoms with van der Waals surface area (Å²) in [5.41, 5.74) is 1.79. The highest BCUT2D eigenvalue weighted by molar-refractivity contribution is 7.92. The summed E-state index contributed by atoms with van der Waals surface area (Å²) in [5.74, 6) is 0. The number of benzene rings is 2. The van der Waals surface area contributed by atoms with Crippen LogP contribution in [-0.2, 0) is 21.4 Å². The van der Waals surface area contributed by atoms with Crippen LogP contribution in [0.4, 0.5) is 5.69 Å². The van der Waals surface area contributed by atoms with Crippen LogP contribution >= 0.6 is 11.6 Å². The molecule has 0 aromatic heterocycles. The first-order valence-corrected chi connectivity index (χ1v) is 8.16. The molecule has 2 rings (SSSR count). The Kier molecular flexibility index (Phi) is 4.88. The fourth-order valence-corrected chi connectivity index (χ4v) is 3.58. The second-order valence-corrected chi connectivity index (χ2v) is 6.62. The first kappa shape index (κ1) is 15.8. The summed E-state index contributed by atoms with van der Waals surface area (Å²) in [6.45, 7) is 2.01. The Bertz CT molecular complexity index is 744. The summed E-state index contributed by atoms with van der Waals surface area (Å²) < 4.78 is 32.7. The average molecular weight is 326 g/mol. The molecule has 2 aromatic carbocycles. The van der Waals surface area contributed by atoms with Gasteiger partial charge in [-0.05, 0) is 30.7 Å². The van der Waals surface area contributed by atoms with Crippen molar-refractivity contribution in [3.05, 3.63) is 58.6 Å². The van der Waals surface area contributed by atoms with Gasteiger partial charge in [0.25, 0.3) is 10.0 Å². The molecule has 0 amide bonds. The SMILES string of the molecule is COCc1ccccc1NS(=O)(=O)c1cccc(Cl)c1C. The van der Waals surface area contributed by atoms with E-state index >= 15 is 0 Å². The maximum absolute atomic E-state index is 12.5. The Morgan fingerprint density at radius 1 is 1.14 bits per heavy atom. The number of halogens is 1. The van der Waals surface area contributed by atoms with Crippen LogP contribution in [0.5, 0.6) is 0 Å². The molecule has 0 saturated carbocycles. The lowest BCUT2D eigenvalue weighted by Crippen LogP contribution is -2.15. The van der Waals surface area contributed by atoms with E-state index < -0.39 is 10.0 Å². The number of hydrogen-bond donors (Lipinski definition) is 1. The molecule has 0 heterocycles. The Labute approximate surface area is 129 Å². The second kappa shape index (κ2) is 6.47. The fourth-order valence-electron chi connectivity index (χ4n) is 1.98. The Balaban J connectivity index is 2.40. The third-order valence-corrected chi connectivity index (χ3v) is 4.99. The van der Waals surface area contributed by atoms with E-state index in [0.29, 0.717) is 22.9 Å². The molecule has 0 fully saturated rings. The van der Waals surface area contributed by atoms with Gasteiger partial charge in [0.1, 0.15) is 0 Å². The smallest absolute Gasteiger partial charge is 0.262 e. The normalized spacial score (nSPS) is 11.4. The monoisotopic (exact) mass is 325 g/mol. The van der Waals surface area contributed by atoms with Gasteiger partial charge in [0, 0.05) is 17.7 Å². The first-order valence-electron chi connectivity index (χ1n) is 6.30. The van der Waals surface area contributed by atoms with Gasteiger partial charge in [-0.25, -0.2) is 8.42 Å². The van der Waals surface area contributed by atoms with Gasteiger partial charge in [0.15, 0.2) is 0 Å². The van der Waals surface area contributed by atoms with Crippen LogP contribution in [0.25, 0.3) is 0 Å². The van der Waals surface area contributed by atoms with E-state index in [1.54, 1.807) is 38.3 Å². The van der Waals surface area contributed by atoms with Gasteiger partial charge in [-0.2, -0.15) is 0 Å². The van der Waals surface area contributed by atoms with E-state index in [-0.39, 0.29) is 4.90 Å². The number of hydrogen-bond acceptors (Lipinski definition) is 3. The van der Waals surface area contributed by atoms with Crippen LogP contribution in [0.15, 0.2) is 47.4 Å². The van der Waals surface area contributed by atoms with E-state index in [4.69, 9.17) is 16.3 Å². The van der Waals surface area contributed by atoms with Crippen molar-refractivity contribution in [3.8, 4) is 0 Å². The zero-order valence-corrected chi connectivity index (χ0v) is 13.3. The highest BCUT2D eigenvalue weighted by Crippen LogP contribution is 2.26. The Hall–Kier alpha value is -1.56. The largest absolute Gasteiger partial charge is 0.380 e. The van der Waals surface area contributed by atoms with E-state index in [9.17, 15) is 8.42 Å². The van der Waals surface area contributed by atoms with Crippen molar-refractivity contribution in [1.82, 2.24) is 0 Å². The summed E-state index contributed by atoms with van der Waals surface area (Å²) in [6.07, 6.45) is 0. The molecule has 21 heavy (non-hydrogen) atoms. The zero-order valence-electron chi connectivity index (χ0n) is 11.8. The average Bonchev–Trinajstić information content (AvgIpc) is 2.44. The lowest BCUT2D eigenvalue weighted by atomic mass is 10.2. The summed E-state index contributed by atoms with van der Waals surface area (Å²) in [6, 6.07) is 11.9. The Morgan fingerprint density at radius 2 is 1.86 bits per heavy atom. The maximum Gasteiger partial charge on any atom is 0.262 e. The molecule has 112 valence electrons. The lowest BCUT2D eigenvalue weighted by molar-refractivity contribution is 0.185. The minimum atomic E-state index is -3.70. The zero-order chi connectivity index (χ0) is 15.5. The molecule has 0 atom stereocenters. The molecule has 0 aliphatic rings. The second-order valence-electron chi connectivity index (χ2n) is 4.56. The number of anilines is 1. The van der Waals surface area contributed by atoms with Crippen LogP contribution in [-0.4, -0.2) is 15.5 Å². The summed E-state index contributed by atoms with van der Waals surface area (Å²) >= 11 is 5.99. The molecule has 0 aliphatic heterocycles. The number of ether oxygens (including phenoxy) is 1. The first-order chi connectivity index (χ1) is 9.95. The summed E-state index contributed by atoms with van der Waals surface area (Å²) in [5, 5.41) is 0.419. The molecule has 0 radical (unpaired) electrons. The predicted molar refractivity (Wildman–Crippen MR) is 84.2 cm³/mol. The Morgan fingerprint density at radius 3 is 2.57 bits per heavy atom. The molecule has 0 unspecified atom stereocenters. The van der Waals surface area contributed by atoms with Gasteiger partial charge in [-0.15, -0.1) is 0 Å². The van der Waals surface area contributed by atoms with Crippen LogP contribution in [0.1, 0.15) is 11.1 Å². The van der Waals surface area contributed by atoms with Crippen molar-refractivity contribution in [1.29, 1.82) is 0 Å². The van der Waals surface area contributed by atoms with Crippen LogP contribution < -0.4 is 4.72 Å². The van der Waals surface area contributed by atoms with Crippen LogP contribution in [0, 0.1) is 6.92 Å². The molecule has 4 nitrogen and oxygen atoms in total. The van der Waals surface area contributed by atoms with Gasteiger partial charge in [-0.1, -0.05) is 35.9 Å². The van der Waals surface area contributed by atoms with Crippen LogP contribution in [0.3, 0.4) is 0 Å². The molecule has 0 bridgehead atoms. The minimum absolute atomic E-state index is 0.169. The van der Waals surface area contributed by atoms with Crippen molar-refractivity contribution in [2.75, 3.05) is 11.8 Å². The van der Waals surface area contributed by atoms with Gasteiger partial charge in [-0.3, -0.25) is 4.72 Å². The number of para-hydroxylation sites is 1. The van der Waals surface area contributed by atoms with E-state index in [1.807, 2.05) is 12.1 Å². The predicted octanol–water partition coefficient (Wildman–Crippen LogP) is 3.60. The quantitative estimate of drug-likeness (QED) is 0.914. The minimum Gasteiger partial charge on any atom is -0.380 e. The van der Waals surface area contributed by atoms with E-state index in [0.717, 1.165) is 5.56 Å². The molecule has 6 heteroatoms. The van der Waals surface area contributed by atoms with E-state index in [2.05, 4.69) is 4.72 Å². The van der Waals surface area contributed by atoms with Crippen molar-refractivity contribution < 1.29 is 13.2 Å². The van der Waals surface area contributed by atoms with Crippen molar-refractivity contribution in [3.63, 3.8) is 0 Å². The van der Waals surface area contributed by atoms with Crippen LogP contribution in [0.2, 0.25) is 5.02 Å². The number of nitrogens with one attached hydrogen (secondary N) is 1. The lowest BCUT2D eigenvalue weighted by Gasteiger charge is -2.14. The van der Waals surface area contributed by atoms with Gasteiger partial charge in [0.2, 0.25) is 0 Å². The third-order valence-electron chi connectivity index (χ3n) is 3.07. The fraction of sp³-hybridized carbons (Fsp3) is 0.200. The van der Waals surface area contributed by atoms with Crippen molar-refractivity contribution >= 4 is 27.3 Å². The number of sulfonamides is 1. The molecule has 0 spiro atoms. The number of rotatable bonds is 5. The standard InChI is InChI=1S/C15H16ClNO3S/c1-11-13(16)7-5-9-15(11)21(18,19)17-14-8-4-3-6-12(14)10-20-2/h3-9,17H,10H2,1-2H3. The van der Waals surface area contributed by atoms with Crippen molar-refractivity contribution in [2.45, 2.75) is 18.4 Å². The highest BCUT2D eigenvalue weighted by Gasteiger charge is 2.19. The van der Waals surface area contributed by atoms with E-state index in [1.165, 1.54) is 6.07 Å².